The summed E-state index contributed by atoms with van der Waals surface area (Å²) in [5, 5.41) is 11.8. The van der Waals surface area contributed by atoms with E-state index < -0.39 is 8.07 Å². The average Bonchev–Trinajstić information content (AvgIpc) is 3.83. The summed E-state index contributed by atoms with van der Waals surface area (Å²) in [4.78, 5) is 12.2. The number of para-hydroxylation sites is 1. The first kappa shape index (κ1) is 38.3. The maximum Gasteiger partial charge on any atom is 0.227 e. The van der Waals surface area contributed by atoms with E-state index in [-0.39, 0.29) is 0 Å². The van der Waals surface area contributed by atoms with Crippen molar-refractivity contribution in [3.8, 4) is 22.6 Å². The van der Waals surface area contributed by atoms with Gasteiger partial charge in [0.25, 0.3) is 0 Å². The molecule has 12 rings (SSSR count). The van der Waals surface area contributed by atoms with Crippen LogP contribution in [-0.4, -0.2) is 18.0 Å². The molecule has 306 valence electrons. The number of pyridine rings is 1. The third kappa shape index (κ3) is 6.52. The predicted octanol–water partition coefficient (Wildman–Crippen LogP) is 12.9. The Labute approximate surface area is 378 Å². The van der Waals surface area contributed by atoms with Crippen LogP contribution in [0.5, 0.6) is 0 Å². The number of nitrogens with zero attached hydrogens (tertiary/aromatic N) is 3. The number of hydrogen-bond donors (Lipinski definition) is 0. The van der Waals surface area contributed by atoms with E-state index in [9.17, 15) is 0 Å². The molecule has 5 heteroatoms. The van der Waals surface area contributed by atoms with E-state index >= 15 is 0 Å². The van der Waals surface area contributed by atoms with Gasteiger partial charge in [-0.1, -0.05) is 182 Å². The van der Waals surface area contributed by atoms with Crippen LogP contribution < -0.4 is 25.6 Å². The van der Waals surface area contributed by atoms with E-state index in [0.717, 1.165) is 60.8 Å². The van der Waals surface area contributed by atoms with Crippen molar-refractivity contribution < 1.29 is 4.42 Å². The highest BCUT2D eigenvalue weighted by Crippen LogP contribution is 2.44. The van der Waals surface area contributed by atoms with Gasteiger partial charge in [0.2, 0.25) is 5.89 Å². The zero-order valence-corrected chi connectivity index (χ0v) is 36.4. The zero-order valence-electron chi connectivity index (χ0n) is 35.4. The molecule has 10 aromatic carbocycles. The van der Waals surface area contributed by atoms with E-state index in [1.807, 2.05) is 36.5 Å². The van der Waals surface area contributed by atoms with E-state index in [1.165, 1.54) is 37.1 Å². The molecule has 0 aliphatic carbocycles. The van der Waals surface area contributed by atoms with Gasteiger partial charge >= 0.3 is 0 Å². The summed E-state index contributed by atoms with van der Waals surface area (Å²) in [6, 6.07) is 85.4. The van der Waals surface area contributed by atoms with Crippen LogP contribution in [-0.2, 0) is 0 Å². The molecule has 0 atom stereocenters. The Balaban J connectivity index is 1.14. The molecule has 0 N–H and O–H groups in total. The van der Waals surface area contributed by atoms with Gasteiger partial charge in [-0.2, -0.15) is 0 Å². The molecule has 0 saturated heterocycles. The maximum atomic E-state index is 6.72. The third-order valence-corrected chi connectivity index (χ3v) is 17.6. The molecule has 0 fully saturated rings. The number of fused-ring (bicyclic) bond motifs is 6. The number of hydrogen-bond acceptors (Lipinski definition) is 4. The predicted molar refractivity (Wildman–Crippen MR) is 273 cm³/mol. The number of benzene rings is 10. The van der Waals surface area contributed by atoms with E-state index in [4.69, 9.17) is 14.4 Å². The molecule has 0 bridgehead atoms. The maximum absolute atomic E-state index is 6.72. The topological polar surface area (TPSA) is 42.2 Å². The van der Waals surface area contributed by atoms with Crippen molar-refractivity contribution in [1.29, 1.82) is 0 Å². The molecule has 0 saturated carbocycles. The molecule has 0 radical (unpaired) electrons. The molecule has 65 heavy (non-hydrogen) atoms. The molecule has 4 nitrogen and oxygen atoms in total. The summed E-state index contributed by atoms with van der Waals surface area (Å²) in [5.41, 5.74) is 8.04. The summed E-state index contributed by atoms with van der Waals surface area (Å²) in [5.74, 6) is 0.613. The lowest BCUT2D eigenvalue weighted by molar-refractivity contribution is 0.623. The summed E-state index contributed by atoms with van der Waals surface area (Å²) in [7, 11) is -2.94. The monoisotopic (exact) mass is 847 g/mol. The first-order valence-corrected chi connectivity index (χ1v) is 24.0. The normalized spacial score (nSPS) is 11.7. The fraction of sp³-hybridized carbons (Fsp3) is 0. The molecule has 0 unspecified atom stereocenters. The fourth-order valence-corrected chi connectivity index (χ4v) is 14.7. The number of anilines is 3. The minimum Gasteiger partial charge on any atom is -0.435 e. The van der Waals surface area contributed by atoms with Crippen molar-refractivity contribution in [1.82, 2.24) is 9.97 Å². The van der Waals surface area contributed by atoms with Crippen molar-refractivity contribution in [2.45, 2.75) is 0 Å². The van der Waals surface area contributed by atoms with Gasteiger partial charge in [0.1, 0.15) is 5.52 Å². The minimum absolute atomic E-state index is 0.613. The van der Waals surface area contributed by atoms with Crippen LogP contribution in [0.3, 0.4) is 0 Å². The first-order valence-electron chi connectivity index (χ1n) is 22.0. The van der Waals surface area contributed by atoms with Gasteiger partial charge in [-0.15, -0.1) is 0 Å². The van der Waals surface area contributed by atoms with E-state index in [0.29, 0.717) is 5.89 Å². The Morgan fingerprint density at radius 1 is 0.415 bits per heavy atom. The van der Waals surface area contributed by atoms with Gasteiger partial charge in [-0.3, -0.25) is 4.98 Å². The number of oxazole rings is 1. The van der Waals surface area contributed by atoms with Gasteiger partial charge in [0.05, 0.1) is 5.69 Å². The number of aromatic nitrogens is 2. The Hall–Kier alpha value is -8.38. The second kappa shape index (κ2) is 16.1. The van der Waals surface area contributed by atoms with Crippen LogP contribution in [0.2, 0.25) is 0 Å². The van der Waals surface area contributed by atoms with Gasteiger partial charge in [0.15, 0.2) is 13.7 Å². The molecule has 2 aromatic heterocycles. The van der Waals surface area contributed by atoms with Crippen molar-refractivity contribution in [2.24, 2.45) is 0 Å². The Morgan fingerprint density at radius 2 is 1.02 bits per heavy atom. The zero-order chi connectivity index (χ0) is 43.2. The molecule has 2 heterocycles. The van der Waals surface area contributed by atoms with Crippen molar-refractivity contribution >= 4 is 89.3 Å². The Bertz CT molecular complexity index is 3570. The average molecular weight is 848 g/mol. The lowest BCUT2D eigenvalue weighted by Gasteiger charge is -2.35. The second-order valence-corrected chi connectivity index (χ2v) is 20.3. The van der Waals surface area contributed by atoms with Crippen LogP contribution in [0.1, 0.15) is 0 Å². The number of rotatable bonds is 9. The van der Waals surface area contributed by atoms with Crippen molar-refractivity contribution in [3.63, 3.8) is 0 Å². The largest absolute Gasteiger partial charge is 0.435 e. The highest BCUT2D eigenvalue weighted by molar-refractivity contribution is 7.19. The van der Waals surface area contributed by atoms with E-state index in [1.54, 1.807) is 0 Å². The minimum atomic E-state index is -2.94. The lowest BCUT2D eigenvalue weighted by Crippen LogP contribution is -2.74. The molecular formula is C60H41N3OSi. The van der Waals surface area contributed by atoms with E-state index in [2.05, 4.69) is 217 Å². The van der Waals surface area contributed by atoms with Crippen LogP contribution in [0.4, 0.5) is 17.1 Å². The lowest BCUT2D eigenvalue weighted by atomic mass is 9.95. The van der Waals surface area contributed by atoms with Crippen molar-refractivity contribution in [3.05, 3.63) is 249 Å². The molecular weight excluding hydrogens is 807 g/mol. The first-order chi connectivity index (χ1) is 32.2. The second-order valence-electron chi connectivity index (χ2n) is 16.5. The Kier molecular flexibility index (Phi) is 9.47. The van der Waals surface area contributed by atoms with Crippen LogP contribution in [0.25, 0.3) is 66.0 Å². The molecule has 0 amide bonds. The summed E-state index contributed by atoms with van der Waals surface area (Å²) < 4.78 is 6.72. The van der Waals surface area contributed by atoms with Crippen LogP contribution >= 0.6 is 0 Å². The fourth-order valence-electron chi connectivity index (χ4n) is 9.98. The summed E-state index contributed by atoms with van der Waals surface area (Å²) >= 11 is 0. The Morgan fingerprint density at radius 3 is 1.82 bits per heavy atom. The standard InChI is InChI=1S/C60H41N3OSi/c1-4-18-45(19-5-1)60-62-56-37-35-44-33-32-43-34-36-47(40-55(43)58(44)59(56)64-60)63(57-31-13-12-29-54(57)53-30-14-20-42-17-10-11-28-52(42)53)46-21-15-26-50(39-46)65(48-22-6-2-7-23-48,49-24-8-3-9-25-49)51-27-16-38-61-41-51/h1-41H. The summed E-state index contributed by atoms with van der Waals surface area (Å²) in [6.45, 7) is 0. The summed E-state index contributed by atoms with van der Waals surface area (Å²) in [6.07, 6.45) is 3.95. The quantitative estimate of drug-likeness (QED) is 0.0824. The highest BCUT2D eigenvalue weighted by Gasteiger charge is 2.42. The molecule has 0 aliphatic heterocycles. The smallest absolute Gasteiger partial charge is 0.227 e. The molecule has 12 aromatic rings. The third-order valence-electron chi connectivity index (χ3n) is 12.9. The SMILES string of the molecule is c1ccc(-c2nc3ccc4ccc5ccc(N(c6cccc([Si](c7ccccc7)(c7ccccc7)c7cccnc7)c6)c6ccccc6-c6cccc7ccccc67)cc5c4c3o2)cc1. The van der Waals surface area contributed by atoms with Gasteiger partial charge in [0, 0.05) is 40.3 Å². The van der Waals surface area contributed by atoms with Gasteiger partial charge in [-0.25, -0.2) is 4.98 Å². The highest BCUT2D eigenvalue weighted by atomic mass is 28.3. The molecule has 0 spiro atoms. The van der Waals surface area contributed by atoms with Gasteiger partial charge in [-0.05, 0) is 108 Å². The van der Waals surface area contributed by atoms with Crippen LogP contribution in [0.15, 0.2) is 253 Å². The molecule has 0 aliphatic rings. The van der Waals surface area contributed by atoms with Gasteiger partial charge < -0.3 is 9.32 Å². The van der Waals surface area contributed by atoms with Crippen LogP contribution in [0, 0.1) is 0 Å². The van der Waals surface area contributed by atoms with Crippen molar-refractivity contribution in [2.75, 3.05) is 4.90 Å².